The summed E-state index contributed by atoms with van der Waals surface area (Å²) in [6.45, 7) is 0. The molecule has 2 aromatic carbocycles. The van der Waals surface area contributed by atoms with Crippen LogP contribution in [0.4, 0.5) is 0 Å². The number of halogens is 1. The van der Waals surface area contributed by atoms with Gasteiger partial charge in [-0.25, -0.2) is 0 Å². The molecule has 0 fully saturated rings. The molecule has 0 aliphatic rings. The number of hydrogen-bond acceptors (Lipinski definition) is 2. The van der Waals surface area contributed by atoms with Gasteiger partial charge in [0, 0.05) is 27.3 Å². The first-order valence-electron chi connectivity index (χ1n) is 5.52. The number of aromatic nitrogens is 2. The Morgan fingerprint density at radius 3 is 2.39 bits per heavy atom. The van der Waals surface area contributed by atoms with Crippen LogP contribution in [0.1, 0.15) is 0 Å². The quantitative estimate of drug-likeness (QED) is 0.656. The van der Waals surface area contributed by atoms with E-state index in [1.165, 1.54) is 0 Å². The lowest BCUT2D eigenvalue weighted by molar-refractivity contribution is -0.653. The molecular weight excluding hydrogens is 308 g/mol. The lowest BCUT2D eigenvalue weighted by Gasteiger charge is -1.91. The molecule has 0 atom stereocenters. The van der Waals surface area contributed by atoms with Gasteiger partial charge in [0.1, 0.15) is 0 Å². The van der Waals surface area contributed by atoms with Crippen LogP contribution in [-0.4, -0.2) is 5.10 Å². The Morgan fingerprint density at radius 2 is 1.67 bits per heavy atom. The summed E-state index contributed by atoms with van der Waals surface area (Å²) in [6, 6.07) is 18.3. The fraction of sp³-hybridized carbons (Fsp3) is 0. The van der Waals surface area contributed by atoms with Gasteiger partial charge in [0.2, 0.25) is 5.69 Å². The van der Waals surface area contributed by atoms with Crippen molar-refractivity contribution in [3.63, 3.8) is 0 Å². The van der Waals surface area contributed by atoms with Gasteiger partial charge in [-0.2, -0.15) is 0 Å². The highest BCUT2D eigenvalue weighted by Crippen LogP contribution is 2.20. The lowest BCUT2D eigenvalue weighted by Crippen LogP contribution is -2.31. The van der Waals surface area contributed by atoms with E-state index in [0.717, 1.165) is 20.7 Å². The summed E-state index contributed by atoms with van der Waals surface area (Å²) in [5.41, 5.74) is 4.24. The van der Waals surface area contributed by atoms with Crippen molar-refractivity contribution in [2.45, 2.75) is 0 Å². The van der Waals surface area contributed by atoms with Crippen molar-refractivity contribution in [3.8, 4) is 16.3 Å². The predicted octanol–water partition coefficient (Wildman–Crippen LogP) is 3.85. The summed E-state index contributed by atoms with van der Waals surface area (Å²) in [4.78, 5) is 0. The molecule has 2 nitrogen and oxygen atoms in total. The molecule has 0 spiro atoms. The minimum atomic E-state index is 1.03. The number of hydrogen-bond donors (Lipinski definition) is 0. The van der Waals surface area contributed by atoms with E-state index in [2.05, 4.69) is 33.2 Å². The third-order valence-corrected chi connectivity index (χ3v) is 3.95. The molecule has 0 bridgehead atoms. The zero-order valence-electron chi connectivity index (χ0n) is 9.45. The fourth-order valence-electron chi connectivity index (χ4n) is 1.66. The van der Waals surface area contributed by atoms with Crippen molar-refractivity contribution >= 4 is 27.3 Å². The average Bonchev–Trinajstić information content (AvgIpc) is 2.90. The third-order valence-electron chi connectivity index (χ3n) is 2.57. The van der Waals surface area contributed by atoms with Gasteiger partial charge in [-0.15, -0.1) is 0 Å². The molecule has 0 amide bonds. The van der Waals surface area contributed by atoms with Crippen LogP contribution in [0.2, 0.25) is 0 Å². The van der Waals surface area contributed by atoms with Crippen molar-refractivity contribution in [2.24, 2.45) is 0 Å². The molecule has 3 aromatic rings. The van der Waals surface area contributed by atoms with Gasteiger partial charge in [-0.1, -0.05) is 46.3 Å². The van der Waals surface area contributed by atoms with Crippen LogP contribution in [0.15, 0.2) is 64.6 Å². The molecule has 0 aliphatic carbocycles. The summed E-state index contributed by atoms with van der Waals surface area (Å²) >= 11 is 5.07. The van der Waals surface area contributed by atoms with E-state index in [1.807, 2.05) is 52.7 Å². The Morgan fingerprint density at radius 1 is 0.944 bits per heavy atom. The monoisotopic (exact) mass is 317 g/mol. The van der Waals surface area contributed by atoms with Gasteiger partial charge in [-0.3, -0.25) is 0 Å². The molecule has 18 heavy (non-hydrogen) atoms. The molecule has 0 radical (unpaired) electrons. The van der Waals surface area contributed by atoms with Gasteiger partial charge in [0.15, 0.2) is 5.01 Å². The summed E-state index contributed by atoms with van der Waals surface area (Å²) in [6.07, 6.45) is 0. The Hall–Kier alpha value is -1.52. The molecule has 88 valence electrons. The molecule has 1 heterocycles. The normalized spacial score (nSPS) is 10.5. The van der Waals surface area contributed by atoms with Crippen molar-refractivity contribution < 1.29 is 4.68 Å². The van der Waals surface area contributed by atoms with Crippen molar-refractivity contribution in [1.29, 1.82) is 0 Å². The van der Waals surface area contributed by atoms with Gasteiger partial charge in [-0.05, 0) is 28.2 Å². The molecule has 0 N–H and O–H groups in total. The number of rotatable bonds is 2. The van der Waals surface area contributed by atoms with E-state index in [1.54, 1.807) is 11.3 Å². The minimum absolute atomic E-state index is 1.03. The second kappa shape index (κ2) is 5.00. The van der Waals surface area contributed by atoms with Gasteiger partial charge < -0.3 is 0 Å². The van der Waals surface area contributed by atoms with E-state index in [4.69, 9.17) is 0 Å². The van der Waals surface area contributed by atoms with Crippen LogP contribution in [0.3, 0.4) is 0 Å². The standard InChI is InChI=1S/C14H10BrN2S/c15-12-6-8-13(9-7-12)17-10-18-14(16-17)11-4-2-1-3-5-11/h1-10H/q+1. The van der Waals surface area contributed by atoms with Gasteiger partial charge in [0.25, 0.3) is 5.51 Å². The highest BCUT2D eigenvalue weighted by atomic mass is 79.9. The van der Waals surface area contributed by atoms with Gasteiger partial charge in [0.05, 0.1) is 0 Å². The topological polar surface area (TPSA) is 16.8 Å². The zero-order chi connectivity index (χ0) is 12.4. The maximum absolute atomic E-state index is 4.60. The second-order valence-corrected chi connectivity index (χ2v) is 5.56. The first kappa shape index (κ1) is 11.6. The third kappa shape index (κ3) is 2.35. The molecule has 0 aliphatic heterocycles. The van der Waals surface area contributed by atoms with E-state index >= 15 is 0 Å². The first-order chi connectivity index (χ1) is 8.83. The fourth-order valence-corrected chi connectivity index (χ4v) is 2.70. The highest BCUT2D eigenvalue weighted by molar-refractivity contribution is 9.10. The van der Waals surface area contributed by atoms with Crippen molar-refractivity contribution in [3.05, 3.63) is 64.6 Å². The van der Waals surface area contributed by atoms with E-state index in [-0.39, 0.29) is 0 Å². The van der Waals surface area contributed by atoms with Crippen LogP contribution < -0.4 is 4.68 Å². The van der Waals surface area contributed by atoms with Crippen LogP contribution in [0.5, 0.6) is 0 Å². The molecule has 0 saturated carbocycles. The van der Waals surface area contributed by atoms with Crippen molar-refractivity contribution in [1.82, 2.24) is 5.10 Å². The zero-order valence-corrected chi connectivity index (χ0v) is 11.9. The van der Waals surface area contributed by atoms with Crippen molar-refractivity contribution in [2.75, 3.05) is 0 Å². The summed E-state index contributed by atoms with van der Waals surface area (Å²) in [5, 5.41) is 5.63. The van der Waals surface area contributed by atoms with E-state index in [9.17, 15) is 0 Å². The Bertz CT molecular complexity index is 647. The average molecular weight is 318 g/mol. The number of benzene rings is 2. The Labute approximate surface area is 118 Å². The van der Waals surface area contributed by atoms with Crippen LogP contribution in [-0.2, 0) is 0 Å². The lowest BCUT2D eigenvalue weighted by atomic mass is 10.2. The molecule has 4 heteroatoms. The second-order valence-electron chi connectivity index (χ2n) is 3.82. The maximum Gasteiger partial charge on any atom is 0.260 e. The summed E-state index contributed by atoms with van der Waals surface area (Å²) < 4.78 is 2.98. The van der Waals surface area contributed by atoms with Crippen LogP contribution in [0, 0.1) is 0 Å². The van der Waals surface area contributed by atoms with Gasteiger partial charge >= 0.3 is 0 Å². The molecule has 0 unspecified atom stereocenters. The Kier molecular flexibility index (Phi) is 3.21. The largest absolute Gasteiger partial charge is 0.260 e. The molecule has 1 aromatic heterocycles. The predicted molar refractivity (Wildman–Crippen MR) is 76.8 cm³/mol. The van der Waals surface area contributed by atoms with Crippen LogP contribution in [0.25, 0.3) is 16.3 Å². The first-order valence-corrected chi connectivity index (χ1v) is 7.19. The van der Waals surface area contributed by atoms with E-state index < -0.39 is 0 Å². The highest BCUT2D eigenvalue weighted by Gasteiger charge is 2.13. The molecule has 0 saturated heterocycles. The summed E-state index contributed by atoms with van der Waals surface area (Å²) in [5.74, 6) is 0. The van der Waals surface area contributed by atoms with E-state index in [0.29, 0.717) is 0 Å². The summed E-state index contributed by atoms with van der Waals surface area (Å²) in [7, 11) is 0. The number of nitrogens with zero attached hydrogens (tertiary/aromatic N) is 2. The maximum atomic E-state index is 4.60. The van der Waals surface area contributed by atoms with Crippen LogP contribution >= 0.6 is 27.3 Å². The smallest absolute Gasteiger partial charge is 0.0622 e. The minimum Gasteiger partial charge on any atom is -0.0622 e. The Balaban J connectivity index is 1.97. The SMILES string of the molecule is Brc1ccc(-[n+]2csc(-c3ccccc3)n2)cc1. The molecule has 3 rings (SSSR count). The molecular formula is C14H10BrN2S+.